The van der Waals surface area contributed by atoms with Crippen LogP contribution in [0.3, 0.4) is 0 Å². The number of amides is 1. The van der Waals surface area contributed by atoms with E-state index < -0.39 is 22.0 Å². The Morgan fingerprint density at radius 2 is 1.61 bits per heavy atom. The van der Waals surface area contributed by atoms with Crippen molar-refractivity contribution in [3.8, 4) is 16.9 Å². The summed E-state index contributed by atoms with van der Waals surface area (Å²) in [4.78, 5) is 26.1. The van der Waals surface area contributed by atoms with Crippen LogP contribution < -0.4 is 11.1 Å². The Labute approximate surface area is 206 Å². The second kappa shape index (κ2) is 9.51. The number of amidine groups is 1. The van der Waals surface area contributed by atoms with Crippen molar-refractivity contribution < 1.29 is 27.3 Å². The maximum absolute atomic E-state index is 13.2. The summed E-state index contributed by atoms with van der Waals surface area (Å²) in [5, 5.41) is 21.5. The molecule has 4 rings (SSSR count). The number of carbonyl (C=O) groups excluding carboxylic acids is 2. The van der Waals surface area contributed by atoms with Gasteiger partial charge in [-0.25, -0.2) is 4.79 Å². The highest BCUT2D eigenvalue weighted by Gasteiger charge is 2.23. The lowest BCUT2D eigenvalue weighted by Crippen LogP contribution is -2.16. The van der Waals surface area contributed by atoms with Gasteiger partial charge in [0, 0.05) is 22.2 Å². The molecule has 9 nitrogen and oxygen atoms in total. The van der Waals surface area contributed by atoms with Crippen molar-refractivity contribution >= 4 is 44.3 Å². The first-order valence-electron chi connectivity index (χ1n) is 10.6. The number of hydrogen-bond donors (Lipinski definition) is 4. The van der Waals surface area contributed by atoms with Crippen LogP contribution >= 0.6 is 0 Å². The Bertz CT molecular complexity index is 1630. The zero-order valence-corrected chi connectivity index (χ0v) is 19.8. The quantitative estimate of drug-likeness (QED) is 0.176. The van der Waals surface area contributed by atoms with Crippen LogP contribution in [0.5, 0.6) is 5.75 Å². The second-order valence-corrected chi connectivity index (χ2v) is 9.54. The lowest BCUT2D eigenvalue weighted by molar-refractivity contribution is 0.0749. The SMILES string of the molecule is CS(=O)(=O)OC(=O)c1cc2cccc(O)c2cc1-c1ccccc1C(=O)Nc1ccc(C(=N)N)cc1. The van der Waals surface area contributed by atoms with E-state index in [-0.39, 0.29) is 28.3 Å². The summed E-state index contributed by atoms with van der Waals surface area (Å²) in [7, 11) is -4.11. The van der Waals surface area contributed by atoms with Gasteiger partial charge in [0.05, 0.1) is 11.8 Å². The maximum Gasteiger partial charge on any atom is 0.354 e. The molecule has 0 bridgehead atoms. The molecule has 0 aliphatic rings. The van der Waals surface area contributed by atoms with Crippen LogP contribution in [-0.4, -0.2) is 37.5 Å². The molecule has 4 aromatic carbocycles. The fourth-order valence-electron chi connectivity index (χ4n) is 3.73. The average molecular weight is 504 g/mol. The van der Waals surface area contributed by atoms with Gasteiger partial charge in [0.25, 0.3) is 5.91 Å². The van der Waals surface area contributed by atoms with Gasteiger partial charge in [-0.3, -0.25) is 10.2 Å². The third kappa shape index (κ3) is 5.18. The van der Waals surface area contributed by atoms with Gasteiger partial charge in [-0.2, -0.15) is 8.42 Å². The molecule has 5 N–H and O–H groups in total. The van der Waals surface area contributed by atoms with Crippen LogP contribution in [0.15, 0.2) is 78.9 Å². The van der Waals surface area contributed by atoms with Crippen molar-refractivity contribution in [1.82, 2.24) is 0 Å². The fraction of sp³-hybridized carbons (Fsp3) is 0.0385. The fourth-order valence-corrected chi connectivity index (χ4v) is 4.10. The monoisotopic (exact) mass is 503 g/mol. The van der Waals surface area contributed by atoms with Crippen LogP contribution in [0, 0.1) is 5.41 Å². The molecule has 36 heavy (non-hydrogen) atoms. The number of fused-ring (bicyclic) bond motifs is 1. The highest BCUT2D eigenvalue weighted by molar-refractivity contribution is 7.86. The van der Waals surface area contributed by atoms with Crippen LogP contribution in [0.2, 0.25) is 0 Å². The molecule has 10 heteroatoms. The molecule has 0 atom stereocenters. The van der Waals surface area contributed by atoms with E-state index in [0.717, 1.165) is 6.26 Å². The van der Waals surface area contributed by atoms with E-state index >= 15 is 0 Å². The number of nitrogens with two attached hydrogens (primary N) is 1. The number of nitrogen functional groups attached to an aromatic ring is 1. The molecule has 0 heterocycles. The third-order valence-corrected chi connectivity index (χ3v) is 5.81. The molecule has 0 spiro atoms. The Hall–Kier alpha value is -4.70. The molecule has 182 valence electrons. The number of nitrogens with one attached hydrogen (secondary N) is 2. The lowest BCUT2D eigenvalue weighted by atomic mass is 9.92. The lowest BCUT2D eigenvalue weighted by Gasteiger charge is -2.15. The van der Waals surface area contributed by atoms with E-state index in [0.29, 0.717) is 27.6 Å². The summed E-state index contributed by atoms with van der Waals surface area (Å²) < 4.78 is 27.9. The number of anilines is 1. The van der Waals surface area contributed by atoms with E-state index in [1.807, 2.05) is 0 Å². The van der Waals surface area contributed by atoms with E-state index in [9.17, 15) is 23.1 Å². The average Bonchev–Trinajstić information content (AvgIpc) is 2.83. The van der Waals surface area contributed by atoms with E-state index in [4.69, 9.17) is 11.1 Å². The Kier molecular flexibility index (Phi) is 6.45. The van der Waals surface area contributed by atoms with Crippen molar-refractivity contribution in [2.24, 2.45) is 5.73 Å². The number of phenolic OH excluding ortho intramolecular Hbond substituents is 1. The van der Waals surface area contributed by atoms with Gasteiger partial charge in [0.15, 0.2) is 0 Å². The Balaban J connectivity index is 1.83. The van der Waals surface area contributed by atoms with Gasteiger partial charge in [-0.15, -0.1) is 0 Å². The summed E-state index contributed by atoms with van der Waals surface area (Å²) in [6.07, 6.45) is 0.760. The van der Waals surface area contributed by atoms with Crippen LogP contribution in [-0.2, 0) is 14.3 Å². The van der Waals surface area contributed by atoms with E-state index in [2.05, 4.69) is 9.50 Å². The topological polar surface area (TPSA) is 160 Å². The zero-order valence-electron chi connectivity index (χ0n) is 19.0. The number of benzene rings is 4. The van der Waals surface area contributed by atoms with Gasteiger partial charge < -0.3 is 20.3 Å². The molecule has 0 aliphatic heterocycles. The number of aromatic hydroxyl groups is 1. The third-order valence-electron chi connectivity index (χ3n) is 5.36. The molecule has 0 radical (unpaired) electrons. The van der Waals surface area contributed by atoms with Crippen molar-refractivity contribution in [2.45, 2.75) is 0 Å². The van der Waals surface area contributed by atoms with Crippen LogP contribution in [0.25, 0.3) is 21.9 Å². The number of hydrogen-bond acceptors (Lipinski definition) is 7. The standard InChI is InChI=1S/C26H21N3O6S/c1-36(33,34)35-26(32)22-13-16-5-4-8-23(30)20(16)14-21(22)18-6-2-3-7-19(18)25(31)29-17-11-9-15(10-12-17)24(27)28/h2-14,30H,1H3,(H3,27,28)(H,29,31). The minimum atomic E-state index is -4.11. The molecule has 4 aromatic rings. The Morgan fingerprint density at radius 1 is 0.917 bits per heavy atom. The molecule has 0 unspecified atom stereocenters. The molecule has 0 saturated heterocycles. The van der Waals surface area contributed by atoms with Gasteiger partial charge in [-0.05, 0) is 65.0 Å². The van der Waals surface area contributed by atoms with Crippen LogP contribution in [0.1, 0.15) is 26.3 Å². The molecule has 1 amide bonds. The van der Waals surface area contributed by atoms with Gasteiger partial charge in [0.1, 0.15) is 11.6 Å². The number of carbonyl (C=O) groups is 2. The van der Waals surface area contributed by atoms with Crippen molar-refractivity contribution in [1.29, 1.82) is 5.41 Å². The van der Waals surface area contributed by atoms with Crippen molar-refractivity contribution in [3.05, 3.63) is 95.6 Å². The normalized spacial score (nSPS) is 11.1. The van der Waals surface area contributed by atoms with Gasteiger partial charge in [-0.1, -0.05) is 30.3 Å². The van der Waals surface area contributed by atoms with Gasteiger partial charge >= 0.3 is 16.1 Å². The first-order valence-corrected chi connectivity index (χ1v) is 12.4. The molecule has 0 fully saturated rings. The molecular weight excluding hydrogens is 482 g/mol. The number of phenols is 1. The van der Waals surface area contributed by atoms with E-state index in [1.165, 1.54) is 18.2 Å². The maximum atomic E-state index is 13.2. The Morgan fingerprint density at radius 3 is 2.28 bits per heavy atom. The van der Waals surface area contributed by atoms with E-state index in [1.54, 1.807) is 60.7 Å². The first-order chi connectivity index (χ1) is 17.0. The number of rotatable bonds is 6. The van der Waals surface area contributed by atoms with Gasteiger partial charge in [0.2, 0.25) is 0 Å². The minimum absolute atomic E-state index is 0.0516. The zero-order chi connectivity index (χ0) is 26.0. The summed E-state index contributed by atoms with van der Waals surface area (Å²) >= 11 is 0. The smallest absolute Gasteiger partial charge is 0.354 e. The molecule has 0 aliphatic carbocycles. The summed E-state index contributed by atoms with van der Waals surface area (Å²) in [5.74, 6) is -1.77. The summed E-state index contributed by atoms with van der Waals surface area (Å²) in [6.45, 7) is 0. The van der Waals surface area contributed by atoms with Crippen molar-refractivity contribution in [3.63, 3.8) is 0 Å². The predicted octanol–water partition coefficient (Wildman–Crippen LogP) is 3.87. The van der Waals surface area contributed by atoms with Crippen LogP contribution in [0.4, 0.5) is 5.69 Å². The van der Waals surface area contributed by atoms with Crippen molar-refractivity contribution in [2.75, 3.05) is 11.6 Å². The largest absolute Gasteiger partial charge is 0.507 e. The second-order valence-electron chi connectivity index (χ2n) is 7.96. The minimum Gasteiger partial charge on any atom is -0.507 e. The summed E-state index contributed by atoms with van der Waals surface area (Å²) in [6, 6.07) is 20.5. The highest BCUT2D eigenvalue weighted by Crippen LogP contribution is 2.35. The summed E-state index contributed by atoms with van der Waals surface area (Å²) in [5.41, 5.74) is 7.04. The highest BCUT2D eigenvalue weighted by atomic mass is 32.2. The predicted molar refractivity (Wildman–Crippen MR) is 137 cm³/mol. The molecule has 0 saturated carbocycles. The first kappa shape index (κ1) is 24.4. The molecular formula is C26H21N3O6S. The molecule has 0 aromatic heterocycles.